The summed E-state index contributed by atoms with van der Waals surface area (Å²) >= 11 is 0. The van der Waals surface area contributed by atoms with E-state index in [9.17, 15) is 4.79 Å². The predicted molar refractivity (Wildman–Crippen MR) is 109 cm³/mol. The highest BCUT2D eigenvalue weighted by Gasteiger charge is 2.14. The van der Waals surface area contributed by atoms with E-state index in [1.54, 1.807) is 31.5 Å². The molecule has 1 amide bonds. The van der Waals surface area contributed by atoms with Gasteiger partial charge in [-0.2, -0.15) is 4.68 Å². The van der Waals surface area contributed by atoms with Crippen LogP contribution in [0.5, 0.6) is 5.75 Å². The highest BCUT2D eigenvalue weighted by Crippen LogP contribution is 2.26. The number of aromatic nitrogens is 5. The summed E-state index contributed by atoms with van der Waals surface area (Å²) in [7, 11) is 1.57. The van der Waals surface area contributed by atoms with Crippen molar-refractivity contribution < 1.29 is 9.53 Å². The Hall–Kier alpha value is -3.49. The minimum atomic E-state index is -0.229. The average molecular weight is 393 g/mol. The molecule has 0 bridgehead atoms. The van der Waals surface area contributed by atoms with Gasteiger partial charge in [-0.1, -0.05) is 12.8 Å². The summed E-state index contributed by atoms with van der Waals surface area (Å²) in [5.41, 5.74) is 1.74. The quantitative estimate of drug-likeness (QED) is 0.712. The summed E-state index contributed by atoms with van der Waals surface area (Å²) in [5, 5.41) is 14.1. The van der Waals surface area contributed by atoms with Crippen molar-refractivity contribution in [2.24, 2.45) is 0 Å². The fourth-order valence-corrected chi connectivity index (χ4v) is 3.43. The lowest BCUT2D eigenvalue weighted by Crippen LogP contribution is -2.25. The van der Waals surface area contributed by atoms with Crippen LogP contribution in [0.3, 0.4) is 0 Å². The van der Waals surface area contributed by atoms with Gasteiger partial charge in [-0.25, -0.2) is 4.98 Å². The van der Waals surface area contributed by atoms with Crippen LogP contribution in [0.1, 0.15) is 36.0 Å². The summed E-state index contributed by atoms with van der Waals surface area (Å²) in [6, 6.07) is 9.01. The van der Waals surface area contributed by atoms with E-state index in [4.69, 9.17) is 4.74 Å². The number of hydrogen-bond donors (Lipinski definition) is 1. The molecule has 9 heteroatoms. The first kappa shape index (κ1) is 18.9. The Labute approximate surface area is 168 Å². The zero-order chi connectivity index (χ0) is 20.1. The molecule has 0 saturated carbocycles. The Balaban J connectivity index is 1.48. The van der Waals surface area contributed by atoms with Crippen molar-refractivity contribution in [3.63, 3.8) is 0 Å². The lowest BCUT2D eigenvalue weighted by molar-refractivity contribution is 0.102. The largest absolute Gasteiger partial charge is 0.494 e. The van der Waals surface area contributed by atoms with Crippen molar-refractivity contribution in [1.82, 2.24) is 25.2 Å². The molecule has 1 aromatic carbocycles. The topological polar surface area (TPSA) is 98.1 Å². The van der Waals surface area contributed by atoms with Gasteiger partial charge in [0.1, 0.15) is 23.6 Å². The molecule has 29 heavy (non-hydrogen) atoms. The Kier molecular flexibility index (Phi) is 5.64. The molecule has 150 valence electrons. The first-order chi connectivity index (χ1) is 14.2. The van der Waals surface area contributed by atoms with Crippen molar-refractivity contribution in [1.29, 1.82) is 0 Å². The predicted octanol–water partition coefficient (Wildman–Crippen LogP) is 2.70. The molecule has 1 aliphatic rings. The van der Waals surface area contributed by atoms with Gasteiger partial charge in [0, 0.05) is 25.0 Å². The van der Waals surface area contributed by atoms with Crippen LogP contribution in [0.25, 0.3) is 5.69 Å². The summed E-state index contributed by atoms with van der Waals surface area (Å²) < 4.78 is 6.83. The third kappa shape index (κ3) is 4.34. The van der Waals surface area contributed by atoms with Crippen molar-refractivity contribution in [3.8, 4) is 11.4 Å². The second-order valence-electron chi connectivity index (χ2n) is 6.90. The third-order valence-corrected chi connectivity index (χ3v) is 4.97. The van der Waals surface area contributed by atoms with Gasteiger partial charge in [-0.15, -0.1) is 5.10 Å². The molecule has 0 unspecified atom stereocenters. The maximum Gasteiger partial charge on any atom is 0.257 e. The lowest BCUT2D eigenvalue weighted by Gasteiger charge is -2.21. The Morgan fingerprint density at radius 3 is 2.59 bits per heavy atom. The molecule has 4 rings (SSSR count). The van der Waals surface area contributed by atoms with E-state index in [0.29, 0.717) is 22.7 Å². The number of tetrazole rings is 1. The average Bonchev–Trinajstić information content (AvgIpc) is 3.16. The van der Waals surface area contributed by atoms with E-state index in [1.165, 1.54) is 36.7 Å². The van der Waals surface area contributed by atoms with E-state index >= 15 is 0 Å². The van der Waals surface area contributed by atoms with Crippen LogP contribution in [0.15, 0.2) is 42.9 Å². The molecule has 3 heterocycles. The van der Waals surface area contributed by atoms with Crippen molar-refractivity contribution >= 4 is 17.4 Å². The fourth-order valence-electron chi connectivity index (χ4n) is 3.43. The SMILES string of the molecule is COc1ccc(NC(=O)c2ccc(N3CCCCCC3)nc2)cc1-n1cnnn1. The maximum absolute atomic E-state index is 12.7. The summed E-state index contributed by atoms with van der Waals surface area (Å²) in [6.07, 6.45) is 8.00. The molecule has 0 atom stereocenters. The molecule has 0 aliphatic carbocycles. The molecule has 1 saturated heterocycles. The fraction of sp³-hybridized carbons (Fsp3) is 0.350. The standard InChI is InChI=1S/C20H23N7O2/c1-29-18-8-7-16(12-17(18)27-14-22-24-25-27)23-20(28)15-6-9-19(21-13-15)26-10-4-2-3-5-11-26/h6-9,12-14H,2-5,10-11H2,1H3,(H,23,28). The minimum absolute atomic E-state index is 0.229. The first-order valence-electron chi connectivity index (χ1n) is 9.68. The van der Waals surface area contributed by atoms with Gasteiger partial charge < -0.3 is 15.0 Å². The van der Waals surface area contributed by atoms with Crippen molar-refractivity contribution in [2.45, 2.75) is 25.7 Å². The van der Waals surface area contributed by atoms with Gasteiger partial charge in [-0.05, 0) is 53.6 Å². The van der Waals surface area contributed by atoms with E-state index in [2.05, 4.69) is 30.7 Å². The van der Waals surface area contributed by atoms with E-state index in [1.807, 2.05) is 12.1 Å². The van der Waals surface area contributed by atoms with Gasteiger partial charge in [-0.3, -0.25) is 4.79 Å². The van der Waals surface area contributed by atoms with Crippen LogP contribution < -0.4 is 15.0 Å². The number of ether oxygens (including phenoxy) is 1. The molecule has 1 fully saturated rings. The minimum Gasteiger partial charge on any atom is -0.494 e. The molecule has 0 spiro atoms. The van der Waals surface area contributed by atoms with E-state index in [-0.39, 0.29) is 5.91 Å². The monoisotopic (exact) mass is 393 g/mol. The molecule has 1 aliphatic heterocycles. The highest BCUT2D eigenvalue weighted by atomic mass is 16.5. The number of nitrogens with zero attached hydrogens (tertiary/aromatic N) is 6. The van der Waals surface area contributed by atoms with Crippen LogP contribution >= 0.6 is 0 Å². The van der Waals surface area contributed by atoms with Crippen LogP contribution in [-0.2, 0) is 0 Å². The maximum atomic E-state index is 12.7. The van der Waals surface area contributed by atoms with Gasteiger partial charge in [0.15, 0.2) is 0 Å². The van der Waals surface area contributed by atoms with Crippen LogP contribution in [0.2, 0.25) is 0 Å². The van der Waals surface area contributed by atoms with Crippen LogP contribution in [-0.4, -0.2) is 51.3 Å². The number of carbonyl (C=O) groups is 1. The molecule has 9 nitrogen and oxygen atoms in total. The van der Waals surface area contributed by atoms with Gasteiger partial charge in [0.25, 0.3) is 5.91 Å². The first-order valence-corrected chi connectivity index (χ1v) is 9.68. The molecule has 0 radical (unpaired) electrons. The number of anilines is 2. The van der Waals surface area contributed by atoms with Gasteiger partial charge in [0.05, 0.1) is 12.7 Å². The number of rotatable bonds is 5. The van der Waals surface area contributed by atoms with Crippen LogP contribution in [0.4, 0.5) is 11.5 Å². The molecular formula is C20H23N7O2. The Morgan fingerprint density at radius 1 is 1.10 bits per heavy atom. The second kappa shape index (κ2) is 8.68. The van der Waals surface area contributed by atoms with Gasteiger partial charge in [0.2, 0.25) is 0 Å². The normalized spacial score (nSPS) is 14.3. The summed E-state index contributed by atoms with van der Waals surface area (Å²) in [6.45, 7) is 2.04. The highest BCUT2D eigenvalue weighted by molar-refractivity contribution is 6.04. The molecule has 1 N–H and O–H groups in total. The van der Waals surface area contributed by atoms with Crippen molar-refractivity contribution in [3.05, 3.63) is 48.4 Å². The van der Waals surface area contributed by atoms with E-state index in [0.717, 1.165) is 18.9 Å². The number of nitrogens with one attached hydrogen (secondary N) is 1. The zero-order valence-corrected chi connectivity index (χ0v) is 16.3. The number of methoxy groups -OCH3 is 1. The number of carbonyl (C=O) groups excluding carboxylic acids is 1. The molecular weight excluding hydrogens is 370 g/mol. The smallest absolute Gasteiger partial charge is 0.257 e. The van der Waals surface area contributed by atoms with E-state index < -0.39 is 0 Å². The number of benzene rings is 1. The third-order valence-electron chi connectivity index (χ3n) is 4.97. The Morgan fingerprint density at radius 2 is 1.93 bits per heavy atom. The van der Waals surface area contributed by atoms with Gasteiger partial charge >= 0.3 is 0 Å². The van der Waals surface area contributed by atoms with Crippen molar-refractivity contribution in [2.75, 3.05) is 30.4 Å². The molecule has 3 aromatic rings. The number of amides is 1. The second-order valence-corrected chi connectivity index (χ2v) is 6.90. The summed E-state index contributed by atoms with van der Waals surface area (Å²) in [5.74, 6) is 1.29. The van der Waals surface area contributed by atoms with Crippen LogP contribution in [0, 0.1) is 0 Å². The Bertz CT molecular complexity index is 949. The summed E-state index contributed by atoms with van der Waals surface area (Å²) in [4.78, 5) is 19.5. The number of hydrogen-bond acceptors (Lipinski definition) is 7. The molecule has 2 aromatic heterocycles. The zero-order valence-electron chi connectivity index (χ0n) is 16.3. The lowest BCUT2D eigenvalue weighted by atomic mass is 10.2. The number of pyridine rings is 1.